The highest BCUT2D eigenvalue weighted by molar-refractivity contribution is 7.52. The molecular formula is C24H32ClN2O9P. The van der Waals surface area contributed by atoms with Gasteiger partial charge in [0.25, 0.3) is 0 Å². The number of hydrogen-bond acceptors (Lipinski definition) is 9. The molecule has 0 bridgehead atoms. The molecule has 0 unspecified atom stereocenters. The number of para-hydroxylation sites is 1. The van der Waals surface area contributed by atoms with Crippen LogP contribution in [0.3, 0.4) is 0 Å². The third kappa shape index (κ3) is 7.40. The van der Waals surface area contributed by atoms with E-state index in [4.69, 9.17) is 30.1 Å². The number of alkyl halides is 1. The van der Waals surface area contributed by atoms with Crippen molar-refractivity contribution < 1.29 is 42.6 Å². The summed E-state index contributed by atoms with van der Waals surface area (Å²) in [7, 11) is -4.21. The first-order valence-electron chi connectivity index (χ1n) is 11.9. The number of nitrogens with zero attached hydrogens (tertiary/aromatic N) is 1. The zero-order valence-electron chi connectivity index (χ0n) is 20.9. The third-order valence-electron chi connectivity index (χ3n) is 5.83. The number of nitrogens with one attached hydrogen (secondary N) is 1. The van der Waals surface area contributed by atoms with Gasteiger partial charge in [0.15, 0.2) is 12.0 Å². The lowest BCUT2D eigenvalue weighted by Crippen LogP contribution is -2.50. The Kier molecular flexibility index (Phi) is 9.91. The zero-order chi connectivity index (χ0) is 27.2. The summed E-state index contributed by atoms with van der Waals surface area (Å²) in [5, 5.41) is 13.4. The van der Waals surface area contributed by atoms with Crippen molar-refractivity contribution in [1.82, 2.24) is 9.99 Å². The minimum Gasteiger partial charge on any atom is -0.465 e. The maximum atomic E-state index is 13.7. The van der Waals surface area contributed by atoms with Crippen LogP contribution >= 0.6 is 19.3 Å². The minimum absolute atomic E-state index is 0.214. The van der Waals surface area contributed by atoms with E-state index in [0.717, 1.165) is 11.3 Å². The average molecular weight is 559 g/mol. The summed E-state index contributed by atoms with van der Waals surface area (Å²) < 4.78 is 35.9. The van der Waals surface area contributed by atoms with Gasteiger partial charge in [-0.15, -0.1) is 11.6 Å². The van der Waals surface area contributed by atoms with Crippen molar-refractivity contribution in [3.05, 3.63) is 42.6 Å². The molecule has 13 heteroatoms. The number of carbonyl (C=O) groups excluding carboxylic acids is 3. The highest BCUT2D eigenvalue weighted by Crippen LogP contribution is 2.47. The highest BCUT2D eigenvalue weighted by Gasteiger charge is 2.56. The SMILES string of the molecule is CCCCOC(=O)[C@@H](C)N[P@](=O)(OC[C@H]1O[C@@H](N2C=CC(=O)CC2=O)[C@](C)(Cl)[C@@H]1O)Oc1ccccc1. The Morgan fingerprint density at radius 1 is 1.35 bits per heavy atom. The van der Waals surface area contributed by atoms with Crippen molar-refractivity contribution in [3.8, 4) is 5.75 Å². The molecule has 1 aromatic rings. The Hall–Kier alpha value is -2.27. The molecule has 0 aromatic heterocycles. The summed E-state index contributed by atoms with van der Waals surface area (Å²) >= 11 is 6.56. The fraction of sp³-hybridized carbons (Fsp3) is 0.542. The molecule has 0 aliphatic carbocycles. The van der Waals surface area contributed by atoms with E-state index in [2.05, 4.69) is 5.09 Å². The van der Waals surface area contributed by atoms with Crippen molar-refractivity contribution >= 4 is 37.0 Å². The molecule has 204 valence electrons. The van der Waals surface area contributed by atoms with E-state index in [0.29, 0.717) is 6.42 Å². The molecule has 1 saturated heterocycles. The number of allylic oxidation sites excluding steroid dienone is 1. The molecule has 1 amide bonds. The van der Waals surface area contributed by atoms with E-state index in [1.807, 2.05) is 6.92 Å². The van der Waals surface area contributed by atoms with Gasteiger partial charge in [-0.2, -0.15) is 5.09 Å². The number of unbranched alkanes of at least 4 members (excludes halogenated alkanes) is 1. The van der Waals surface area contributed by atoms with Crippen LogP contribution in [-0.2, 0) is 32.9 Å². The maximum absolute atomic E-state index is 13.7. The quantitative estimate of drug-likeness (QED) is 0.129. The molecule has 2 N–H and O–H groups in total. The second kappa shape index (κ2) is 12.5. The first-order chi connectivity index (χ1) is 17.5. The Labute approximate surface area is 220 Å². The van der Waals surface area contributed by atoms with Gasteiger partial charge in [-0.3, -0.25) is 23.8 Å². The predicted octanol–water partition coefficient (Wildman–Crippen LogP) is 2.91. The number of amides is 1. The van der Waals surface area contributed by atoms with Crippen LogP contribution in [-0.4, -0.2) is 70.2 Å². The number of ketones is 1. The summed E-state index contributed by atoms with van der Waals surface area (Å²) in [6.45, 7) is 4.66. The highest BCUT2D eigenvalue weighted by atomic mass is 35.5. The van der Waals surface area contributed by atoms with Crippen molar-refractivity contribution in [2.45, 2.75) is 69.4 Å². The number of carbonyl (C=O) groups is 3. The molecule has 0 saturated carbocycles. The van der Waals surface area contributed by atoms with E-state index in [1.165, 1.54) is 26.1 Å². The largest absolute Gasteiger partial charge is 0.465 e. The average Bonchev–Trinajstić information content (AvgIpc) is 3.07. The summed E-state index contributed by atoms with van der Waals surface area (Å²) in [6, 6.07) is 7.16. The number of halogens is 1. The third-order valence-corrected chi connectivity index (χ3v) is 7.88. The molecule has 2 aliphatic rings. The van der Waals surface area contributed by atoms with E-state index in [-0.39, 0.29) is 24.6 Å². The fourth-order valence-electron chi connectivity index (χ4n) is 3.72. The van der Waals surface area contributed by atoms with Gasteiger partial charge < -0.3 is 19.1 Å². The van der Waals surface area contributed by atoms with E-state index in [9.17, 15) is 24.1 Å². The molecule has 37 heavy (non-hydrogen) atoms. The number of benzene rings is 1. The smallest absolute Gasteiger partial charge is 0.459 e. The first kappa shape index (κ1) is 29.3. The van der Waals surface area contributed by atoms with Crippen molar-refractivity contribution in [2.75, 3.05) is 13.2 Å². The van der Waals surface area contributed by atoms with Gasteiger partial charge in [0.1, 0.15) is 28.9 Å². The Balaban J connectivity index is 1.73. The van der Waals surface area contributed by atoms with Crippen molar-refractivity contribution in [2.24, 2.45) is 0 Å². The van der Waals surface area contributed by atoms with Crippen LogP contribution in [0.4, 0.5) is 0 Å². The molecule has 1 aromatic carbocycles. The maximum Gasteiger partial charge on any atom is 0.459 e. The van der Waals surface area contributed by atoms with Gasteiger partial charge in [0.05, 0.1) is 19.6 Å². The second-order valence-corrected chi connectivity index (χ2v) is 11.5. The lowest BCUT2D eigenvalue weighted by Gasteiger charge is -2.34. The number of esters is 1. The predicted molar refractivity (Wildman–Crippen MR) is 134 cm³/mol. The van der Waals surface area contributed by atoms with Gasteiger partial charge in [-0.05, 0) is 38.5 Å². The van der Waals surface area contributed by atoms with Crippen LogP contribution in [0.25, 0.3) is 0 Å². The van der Waals surface area contributed by atoms with Crippen LogP contribution < -0.4 is 9.61 Å². The molecule has 0 spiro atoms. The molecule has 3 rings (SSSR count). The number of ether oxygens (including phenoxy) is 2. The van der Waals surface area contributed by atoms with Crippen LogP contribution in [0.2, 0.25) is 0 Å². The minimum atomic E-state index is -4.21. The number of hydrogen-bond donors (Lipinski definition) is 2. The lowest BCUT2D eigenvalue weighted by atomic mass is 9.99. The van der Waals surface area contributed by atoms with Crippen LogP contribution in [0, 0.1) is 0 Å². The van der Waals surface area contributed by atoms with E-state index in [1.54, 1.807) is 30.3 Å². The van der Waals surface area contributed by atoms with Gasteiger partial charge in [-0.25, -0.2) is 4.57 Å². The number of rotatable bonds is 12. The van der Waals surface area contributed by atoms with Gasteiger partial charge in [0.2, 0.25) is 5.91 Å². The van der Waals surface area contributed by atoms with Gasteiger partial charge in [0, 0.05) is 6.20 Å². The zero-order valence-corrected chi connectivity index (χ0v) is 22.5. The van der Waals surface area contributed by atoms with E-state index >= 15 is 0 Å². The molecule has 0 radical (unpaired) electrons. The van der Waals surface area contributed by atoms with Crippen LogP contribution in [0.15, 0.2) is 42.6 Å². The number of aliphatic hydroxyl groups is 1. The Morgan fingerprint density at radius 3 is 2.70 bits per heavy atom. The molecule has 2 aliphatic heterocycles. The summed E-state index contributed by atoms with van der Waals surface area (Å²) in [4.78, 5) is 35.9. The molecule has 6 atom stereocenters. The topological polar surface area (TPSA) is 141 Å². The van der Waals surface area contributed by atoms with Crippen LogP contribution in [0.1, 0.15) is 40.0 Å². The monoisotopic (exact) mass is 558 g/mol. The van der Waals surface area contributed by atoms with Gasteiger partial charge >= 0.3 is 13.7 Å². The molecular weight excluding hydrogens is 527 g/mol. The fourth-order valence-corrected chi connectivity index (χ4v) is 5.52. The molecule has 2 heterocycles. The summed E-state index contributed by atoms with van der Waals surface area (Å²) in [5.41, 5.74) is 0. The van der Waals surface area contributed by atoms with Crippen molar-refractivity contribution in [3.63, 3.8) is 0 Å². The normalized spacial score (nSPS) is 28.1. The molecule has 11 nitrogen and oxygen atoms in total. The summed E-state index contributed by atoms with van der Waals surface area (Å²) in [6.07, 6.45) is 0.0686. The first-order valence-corrected chi connectivity index (χ1v) is 13.9. The Bertz CT molecular complexity index is 1050. The lowest BCUT2D eigenvalue weighted by molar-refractivity contribution is -0.145. The van der Waals surface area contributed by atoms with Crippen molar-refractivity contribution in [1.29, 1.82) is 0 Å². The van der Waals surface area contributed by atoms with Crippen LogP contribution in [0.5, 0.6) is 5.75 Å². The van der Waals surface area contributed by atoms with E-state index < -0.39 is 55.6 Å². The number of aliphatic hydroxyl groups excluding tert-OH is 1. The van der Waals surface area contributed by atoms with Gasteiger partial charge in [-0.1, -0.05) is 31.5 Å². The Morgan fingerprint density at radius 2 is 2.05 bits per heavy atom. The summed E-state index contributed by atoms with van der Waals surface area (Å²) in [5.74, 6) is -1.31. The second-order valence-electron chi connectivity index (χ2n) is 8.95. The standard InChI is InChI=1S/C24H32ClN2O9P/c1-4-5-13-33-22(31)16(2)26-37(32,36-18-9-7-6-8-10-18)34-15-19-21(30)24(3,25)23(35-19)27-12-11-17(28)14-20(27)29/h6-12,16,19,21,23,30H,4-5,13-15H2,1-3H3,(H,26,32)/t16-,19-,21-,23-,24-,37+/m1/s1. The molecule has 1 fully saturated rings.